The highest BCUT2D eigenvalue weighted by atomic mass is 79.9. The SMILES string of the molecule is Cc1[nH]c(=S)[nH]c(=O)c1Cc1ccccc1Br. The van der Waals surface area contributed by atoms with Gasteiger partial charge in [0.2, 0.25) is 0 Å². The lowest BCUT2D eigenvalue weighted by molar-refractivity contribution is 0.961. The van der Waals surface area contributed by atoms with Gasteiger partial charge < -0.3 is 4.98 Å². The molecule has 0 fully saturated rings. The molecule has 0 bridgehead atoms. The van der Waals surface area contributed by atoms with Gasteiger partial charge in [-0.1, -0.05) is 34.1 Å². The summed E-state index contributed by atoms with van der Waals surface area (Å²) in [5, 5.41) is 0. The number of halogens is 1. The summed E-state index contributed by atoms with van der Waals surface area (Å²) >= 11 is 8.39. The minimum Gasteiger partial charge on any atom is -0.336 e. The van der Waals surface area contributed by atoms with Crippen molar-refractivity contribution >= 4 is 28.1 Å². The summed E-state index contributed by atoms with van der Waals surface area (Å²) in [6.45, 7) is 1.86. The highest BCUT2D eigenvalue weighted by Crippen LogP contribution is 2.18. The topological polar surface area (TPSA) is 48.6 Å². The van der Waals surface area contributed by atoms with E-state index in [2.05, 4.69) is 25.9 Å². The molecule has 0 aliphatic rings. The van der Waals surface area contributed by atoms with Crippen molar-refractivity contribution in [2.75, 3.05) is 0 Å². The van der Waals surface area contributed by atoms with Crippen LogP contribution in [-0.2, 0) is 6.42 Å². The van der Waals surface area contributed by atoms with Crippen molar-refractivity contribution in [1.29, 1.82) is 0 Å². The van der Waals surface area contributed by atoms with Crippen molar-refractivity contribution < 1.29 is 0 Å². The first-order valence-corrected chi connectivity index (χ1v) is 6.33. The number of aromatic nitrogens is 2. The third kappa shape index (κ3) is 2.73. The Balaban J connectivity index is 2.48. The maximum absolute atomic E-state index is 11.8. The van der Waals surface area contributed by atoms with Crippen LogP contribution in [0.4, 0.5) is 0 Å². The quantitative estimate of drug-likeness (QED) is 0.837. The predicted molar refractivity (Wildman–Crippen MR) is 73.9 cm³/mol. The fourth-order valence-corrected chi connectivity index (χ4v) is 2.34. The molecule has 0 aliphatic heterocycles. The smallest absolute Gasteiger partial charge is 0.255 e. The average molecular weight is 311 g/mol. The van der Waals surface area contributed by atoms with Crippen molar-refractivity contribution in [3.05, 3.63) is 60.7 Å². The molecule has 3 nitrogen and oxygen atoms in total. The number of H-pyrrole nitrogens is 2. The van der Waals surface area contributed by atoms with Crippen molar-refractivity contribution in [3.63, 3.8) is 0 Å². The maximum atomic E-state index is 11.8. The number of rotatable bonds is 2. The van der Waals surface area contributed by atoms with Crippen molar-refractivity contribution in [2.45, 2.75) is 13.3 Å². The molecule has 0 amide bonds. The number of aryl methyl sites for hydroxylation is 1. The highest BCUT2D eigenvalue weighted by Gasteiger charge is 2.07. The Morgan fingerprint density at radius 2 is 2.00 bits per heavy atom. The van der Waals surface area contributed by atoms with E-state index in [1.165, 1.54) is 0 Å². The van der Waals surface area contributed by atoms with Gasteiger partial charge in [-0.15, -0.1) is 0 Å². The number of hydrogen-bond donors (Lipinski definition) is 2. The standard InChI is InChI=1S/C12H11BrN2OS/c1-7-9(11(16)15-12(17)14-7)6-8-4-2-3-5-10(8)13/h2-5H,6H2,1H3,(H2,14,15,16,17). The summed E-state index contributed by atoms with van der Waals surface area (Å²) in [5.41, 5.74) is 2.48. The van der Waals surface area contributed by atoms with Crippen molar-refractivity contribution in [1.82, 2.24) is 9.97 Å². The Hall–Kier alpha value is -1.20. The summed E-state index contributed by atoms with van der Waals surface area (Å²) in [5.74, 6) is 0. The number of nitrogens with one attached hydrogen (secondary N) is 2. The lowest BCUT2D eigenvalue weighted by Gasteiger charge is -2.06. The molecule has 2 N–H and O–H groups in total. The maximum Gasteiger partial charge on any atom is 0.255 e. The van der Waals surface area contributed by atoms with E-state index in [0.717, 1.165) is 15.7 Å². The first-order valence-electron chi connectivity index (χ1n) is 5.13. The van der Waals surface area contributed by atoms with Crippen LogP contribution in [-0.4, -0.2) is 9.97 Å². The van der Waals surface area contributed by atoms with Gasteiger partial charge in [-0.2, -0.15) is 0 Å². The van der Waals surface area contributed by atoms with Gasteiger partial charge in [-0.25, -0.2) is 0 Å². The van der Waals surface area contributed by atoms with Gasteiger partial charge in [-0.3, -0.25) is 9.78 Å². The van der Waals surface area contributed by atoms with Crippen LogP contribution in [0.25, 0.3) is 0 Å². The summed E-state index contributed by atoms with van der Waals surface area (Å²) in [7, 11) is 0. The van der Waals surface area contributed by atoms with Crippen LogP contribution < -0.4 is 5.56 Å². The minimum atomic E-state index is -0.123. The lowest BCUT2D eigenvalue weighted by atomic mass is 10.1. The average Bonchev–Trinajstić information content (AvgIpc) is 2.25. The Labute approximate surface area is 112 Å². The fourth-order valence-electron chi connectivity index (χ4n) is 1.67. The second-order valence-electron chi connectivity index (χ2n) is 3.78. The van der Waals surface area contributed by atoms with Gasteiger partial charge in [0, 0.05) is 22.2 Å². The van der Waals surface area contributed by atoms with E-state index in [9.17, 15) is 4.79 Å². The van der Waals surface area contributed by atoms with Gasteiger partial charge in [0.1, 0.15) is 0 Å². The Kier molecular flexibility index (Phi) is 3.59. The Morgan fingerprint density at radius 1 is 1.29 bits per heavy atom. The summed E-state index contributed by atoms with van der Waals surface area (Å²) in [6.07, 6.45) is 0.578. The van der Waals surface area contributed by atoms with Gasteiger partial charge >= 0.3 is 0 Å². The van der Waals surface area contributed by atoms with E-state index in [4.69, 9.17) is 12.2 Å². The van der Waals surface area contributed by atoms with Gasteiger partial charge in [0.05, 0.1) is 0 Å². The van der Waals surface area contributed by atoms with Crippen LogP contribution in [0, 0.1) is 11.7 Å². The fraction of sp³-hybridized carbons (Fsp3) is 0.167. The summed E-state index contributed by atoms with van der Waals surface area (Å²) in [4.78, 5) is 17.4. The largest absolute Gasteiger partial charge is 0.336 e. The van der Waals surface area contributed by atoms with Crippen molar-refractivity contribution in [2.24, 2.45) is 0 Å². The zero-order chi connectivity index (χ0) is 12.4. The highest BCUT2D eigenvalue weighted by molar-refractivity contribution is 9.10. The van der Waals surface area contributed by atoms with Gasteiger partial charge in [0.25, 0.3) is 5.56 Å². The molecule has 2 aromatic rings. The number of aromatic amines is 2. The van der Waals surface area contributed by atoms with Crippen LogP contribution >= 0.6 is 28.1 Å². The van der Waals surface area contributed by atoms with E-state index >= 15 is 0 Å². The van der Waals surface area contributed by atoms with Crippen LogP contribution in [0.5, 0.6) is 0 Å². The van der Waals surface area contributed by atoms with E-state index < -0.39 is 0 Å². The molecular formula is C12H11BrN2OS. The third-order valence-corrected chi connectivity index (χ3v) is 3.56. The monoisotopic (exact) mass is 310 g/mol. The molecule has 5 heteroatoms. The van der Waals surface area contributed by atoms with E-state index in [-0.39, 0.29) is 5.56 Å². The van der Waals surface area contributed by atoms with E-state index in [0.29, 0.717) is 16.8 Å². The molecule has 88 valence electrons. The van der Waals surface area contributed by atoms with Crippen molar-refractivity contribution in [3.8, 4) is 0 Å². The molecule has 0 saturated carbocycles. The number of hydrogen-bond acceptors (Lipinski definition) is 2. The molecule has 0 saturated heterocycles. The first kappa shape index (κ1) is 12.3. The predicted octanol–water partition coefficient (Wildman–Crippen LogP) is 3.09. The minimum absolute atomic E-state index is 0.123. The first-order chi connectivity index (χ1) is 8.08. The zero-order valence-corrected chi connectivity index (χ0v) is 11.6. The van der Waals surface area contributed by atoms with Crippen LogP contribution in [0.15, 0.2) is 33.5 Å². The summed E-state index contributed by atoms with van der Waals surface area (Å²) < 4.78 is 1.37. The second kappa shape index (κ2) is 4.98. The molecule has 0 radical (unpaired) electrons. The molecule has 17 heavy (non-hydrogen) atoms. The molecule has 0 unspecified atom stereocenters. The van der Waals surface area contributed by atoms with Crippen LogP contribution in [0.3, 0.4) is 0 Å². The second-order valence-corrected chi connectivity index (χ2v) is 5.04. The zero-order valence-electron chi connectivity index (χ0n) is 9.21. The molecule has 0 spiro atoms. The third-order valence-electron chi connectivity index (χ3n) is 2.58. The molecule has 1 heterocycles. The van der Waals surface area contributed by atoms with Crippen LogP contribution in [0.1, 0.15) is 16.8 Å². The molecule has 1 aromatic heterocycles. The molecule has 1 aromatic carbocycles. The lowest BCUT2D eigenvalue weighted by Crippen LogP contribution is -2.16. The molecule has 2 rings (SSSR count). The van der Waals surface area contributed by atoms with Gasteiger partial charge in [0.15, 0.2) is 4.77 Å². The van der Waals surface area contributed by atoms with E-state index in [1.54, 1.807) is 0 Å². The van der Waals surface area contributed by atoms with E-state index in [1.807, 2.05) is 31.2 Å². The molecule has 0 aliphatic carbocycles. The van der Waals surface area contributed by atoms with Gasteiger partial charge in [-0.05, 0) is 30.8 Å². The van der Waals surface area contributed by atoms with Crippen LogP contribution in [0.2, 0.25) is 0 Å². The molecule has 0 atom stereocenters. The summed E-state index contributed by atoms with van der Waals surface area (Å²) in [6, 6.07) is 7.85. The normalized spacial score (nSPS) is 10.5. The number of benzene rings is 1. The molecular weight excluding hydrogens is 300 g/mol. The Bertz CT molecular complexity index is 660. The Morgan fingerprint density at radius 3 is 2.65 bits per heavy atom.